The molecule has 1 atom stereocenters. The summed E-state index contributed by atoms with van der Waals surface area (Å²) in [5.74, 6) is -0.461. The maximum Gasteiger partial charge on any atom is 0.345 e. The Bertz CT molecular complexity index is 760. The molecule has 2 aromatic rings. The van der Waals surface area contributed by atoms with Crippen LogP contribution >= 0.6 is 0 Å². The van der Waals surface area contributed by atoms with E-state index in [1.165, 1.54) is 4.57 Å². The van der Waals surface area contributed by atoms with Gasteiger partial charge in [0.25, 0.3) is 5.56 Å². The lowest BCUT2D eigenvalue weighted by atomic mass is 10.2. The Morgan fingerprint density at radius 3 is 2.90 bits per heavy atom. The smallest absolute Gasteiger partial charge is 0.345 e. The molecule has 1 aliphatic rings. The van der Waals surface area contributed by atoms with E-state index in [1.54, 1.807) is 18.3 Å². The van der Waals surface area contributed by atoms with E-state index in [4.69, 9.17) is 9.84 Å². The second kappa shape index (κ2) is 4.85. The zero-order valence-electron chi connectivity index (χ0n) is 10.7. The van der Waals surface area contributed by atoms with Crippen LogP contribution in [0.25, 0.3) is 10.8 Å². The number of benzene rings is 1. The van der Waals surface area contributed by atoms with E-state index < -0.39 is 12.1 Å². The molecule has 5 heteroatoms. The van der Waals surface area contributed by atoms with Crippen molar-refractivity contribution in [3.05, 3.63) is 58.7 Å². The molecule has 0 saturated carbocycles. The molecule has 20 heavy (non-hydrogen) atoms. The molecule has 3 rings (SSSR count). The molecule has 0 saturated heterocycles. The van der Waals surface area contributed by atoms with Crippen molar-refractivity contribution in [3.63, 3.8) is 0 Å². The molecule has 0 bridgehead atoms. The maximum atomic E-state index is 12.3. The molecule has 0 spiro atoms. The Morgan fingerprint density at radius 2 is 2.15 bits per heavy atom. The number of carbonyl (C=O) groups is 1. The van der Waals surface area contributed by atoms with E-state index in [0.29, 0.717) is 17.6 Å². The summed E-state index contributed by atoms with van der Waals surface area (Å²) in [7, 11) is 0. The minimum atomic E-state index is -0.984. The minimum Gasteiger partial charge on any atom is -0.481 e. The summed E-state index contributed by atoms with van der Waals surface area (Å²) in [6, 6.07) is 9.22. The number of aromatic nitrogens is 1. The van der Waals surface area contributed by atoms with Crippen LogP contribution in [-0.4, -0.2) is 21.7 Å². The number of hydrogen-bond acceptors (Lipinski definition) is 3. The number of ether oxygens (including phenoxy) is 1. The number of pyridine rings is 1. The number of nitrogens with zero attached hydrogens (tertiary/aromatic N) is 1. The van der Waals surface area contributed by atoms with Crippen molar-refractivity contribution in [2.45, 2.75) is 19.1 Å². The number of allylic oxidation sites excluding steroid dienone is 1. The SMILES string of the molecule is O=C(O)[C@H]1CC=C(Cn2ccc3ccccc3c2=O)O1. The topological polar surface area (TPSA) is 68.5 Å². The summed E-state index contributed by atoms with van der Waals surface area (Å²) in [5, 5.41) is 10.4. The fraction of sp³-hybridized carbons (Fsp3) is 0.200. The lowest BCUT2D eigenvalue weighted by Crippen LogP contribution is -2.23. The van der Waals surface area contributed by atoms with Gasteiger partial charge in [0.2, 0.25) is 0 Å². The van der Waals surface area contributed by atoms with Gasteiger partial charge >= 0.3 is 5.97 Å². The average Bonchev–Trinajstić information content (AvgIpc) is 2.91. The van der Waals surface area contributed by atoms with Gasteiger partial charge in [0.05, 0.1) is 6.54 Å². The standard InChI is InChI=1S/C15H13NO4/c17-14-12-4-2-1-3-10(12)7-8-16(14)9-11-5-6-13(20-11)15(18)19/h1-5,7-8,13H,6,9H2,(H,18,19)/t13-/m1/s1. The molecule has 1 aliphatic heterocycles. The number of carboxylic acid groups (broad SMARTS) is 1. The van der Waals surface area contributed by atoms with Crippen LogP contribution < -0.4 is 5.56 Å². The summed E-state index contributed by atoms with van der Waals surface area (Å²) in [4.78, 5) is 23.1. The Hall–Kier alpha value is -2.56. The molecule has 5 nitrogen and oxygen atoms in total. The largest absolute Gasteiger partial charge is 0.481 e. The van der Waals surface area contributed by atoms with E-state index in [9.17, 15) is 9.59 Å². The molecular weight excluding hydrogens is 258 g/mol. The molecule has 0 aliphatic carbocycles. The highest BCUT2D eigenvalue weighted by molar-refractivity contribution is 5.81. The summed E-state index contributed by atoms with van der Waals surface area (Å²) in [5.41, 5.74) is -0.105. The summed E-state index contributed by atoms with van der Waals surface area (Å²) >= 11 is 0. The molecule has 1 aromatic carbocycles. The van der Waals surface area contributed by atoms with Gasteiger partial charge in [-0.3, -0.25) is 4.79 Å². The highest BCUT2D eigenvalue weighted by atomic mass is 16.5. The third-order valence-electron chi connectivity index (χ3n) is 3.34. The number of fused-ring (bicyclic) bond motifs is 1. The van der Waals surface area contributed by atoms with Gasteiger partial charge in [0.1, 0.15) is 5.76 Å². The molecule has 0 radical (unpaired) electrons. The lowest BCUT2D eigenvalue weighted by Gasteiger charge is -2.11. The second-order valence-corrected chi connectivity index (χ2v) is 4.69. The predicted octanol–water partition coefficient (Wildman–Crippen LogP) is 1.76. The van der Waals surface area contributed by atoms with Crippen LogP contribution in [0.4, 0.5) is 0 Å². The summed E-state index contributed by atoms with van der Waals surface area (Å²) in [6.07, 6.45) is 2.93. The van der Waals surface area contributed by atoms with E-state index in [1.807, 2.05) is 24.3 Å². The number of hydrogen-bond donors (Lipinski definition) is 1. The third kappa shape index (κ3) is 2.18. The fourth-order valence-electron chi connectivity index (χ4n) is 2.29. The Morgan fingerprint density at radius 1 is 1.35 bits per heavy atom. The van der Waals surface area contributed by atoms with Gasteiger partial charge in [0, 0.05) is 18.0 Å². The van der Waals surface area contributed by atoms with Crippen molar-refractivity contribution >= 4 is 16.7 Å². The van der Waals surface area contributed by atoms with E-state index in [-0.39, 0.29) is 12.1 Å². The molecular formula is C15H13NO4. The van der Waals surface area contributed by atoms with Crippen molar-refractivity contribution in [1.29, 1.82) is 0 Å². The number of aliphatic carboxylic acids is 1. The monoisotopic (exact) mass is 271 g/mol. The second-order valence-electron chi connectivity index (χ2n) is 4.69. The first kappa shape index (κ1) is 12.5. The zero-order chi connectivity index (χ0) is 14.1. The number of carboxylic acids is 1. The first-order valence-corrected chi connectivity index (χ1v) is 6.32. The normalized spacial score (nSPS) is 17.8. The zero-order valence-corrected chi connectivity index (χ0v) is 10.7. The molecule has 0 amide bonds. The quantitative estimate of drug-likeness (QED) is 0.923. The van der Waals surface area contributed by atoms with E-state index in [0.717, 1.165) is 5.39 Å². The van der Waals surface area contributed by atoms with Crippen molar-refractivity contribution in [3.8, 4) is 0 Å². The van der Waals surface area contributed by atoms with Gasteiger partial charge in [-0.2, -0.15) is 0 Å². The van der Waals surface area contributed by atoms with Crippen molar-refractivity contribution < 1.29 is 14.6 Å². The van der Waals surface area contributed by atoms with E-state index >= 15 is 0 Å². The predicted molar refractivity (Wildman–Crippen MR) is 73.4 cm³/mol. The van der Waals surface area contributed by atoms with Crippen LogP contribution in [0.1, 0.15) is 6.42 Å². The highest BCUT2D eigenvalue weighted by Gasteiger charge is 2.24. The number of rotatable bonds is 3. The van der Waals surface area contributed by atoms with Crippen molar-refractivity contribution in [2.24, 2.45) is 0 Å². The van der Waals surface area contributed by atoms with Gasteiger partial charge in [0.15, 0.2) is 6.10 Å². The lowest BCUT2D eigenvalue weighted by molar-refractivity contribution is -0.146. The first-order valence-electron chi connectivity index (χ1n) is 6.32. The molecule has 2 heterocycles. The van der Waals surface area contributed by atoms with Gasteiger partial charge in [-0.25, -0.2) is 4.79 Å². The van der Waals surface area contributed by atoms with Crippen LogP contribution in [0.15, 0.2) is 53.2 Å². The van der Waals surface area contributed by atoms with Gasteiger partial charge in [-0.05, 0) is 23.6 Å². The van der Waals surface area contributed by atoms with Gasteiger partial charge in [-0.1, -0.05) is 18.2 Å². The Kier molecular flexibility index (Phi) is 3.02. The van der Waals surface area contributed by atoms with Crippen LogP contribution in [0.2, 0.25) is 0 Å². The van der Waals surface area contributed by atoms with Gasteiger partial charge in [-0.15, -0.1) is 0 Å². The molecule has 1 N–H and O–H groups in total. The van der Waals surface area contributed by atoms with Crippen molar-refractivity contribution in [2.75, 3.05) is 0 Å². The van der Waals surface area contributed by atoms with Crippen molar-refractivity contribution in [1.82, 2.24) is 4.57 Å². The highest BCUT2D eigenvalue weighted by Crippen LogP contribution is 2.18. The molecule has 0 unspecified atom stereocenters. The van der Waals surface area contributed by atoms with E-state index in [2.05, 4.69) is 0 Å². The van der Waals surface area contributed by atoms with Gasteiger partial charge < -0.3 is 14.4 Å². The molecule has 0 fully saturated rings. The summed E-state index contributed by atoms with van der Waals surface area (Å²) < 4.78 is 6.82. The Labute approximate surface area is 114 Å². The van der Waals surface area contributed by atoms with Crippen LogP contribution in [0, 0.1) is 0 Å². The third-order valence-corrected chi connectivity index (χ3v) is 3.34. The summed E-state index contributed by atoms with van der Waals surface area (Å²) in [6.45, 7) is 0.257. The molecule has 102 valence electrons. The minimum absolute atomic E-state index is 0.105. The maximum absolute atomic E-state index is 12.3. The molecule has 1 aromatic heterocycles. The van der Waals surface area contributed by atoms with Crippen LogP contribution in [0.3, 0.4) is 0 Å². The van der Waals surface area contributed by atoms with Crippen LogP contribution in [-0.2, 0) is 16.1 Å². The van der Waals surface area contributed by atoms with Crippen LogP contribution in [0.5, 0.6) is 0 Å². The first-order chi connectivity index (χ1) is 9.65. The fourth-order valence-corrected chi connectivity index (χ4v) is 2.29. The average molecular weight is 271 g/mol. The Balaban J connectivity index is 1.87.